The molecule has 0 N–H and O–H groups in total. The van der Waals surface area contributed by atoms with E-state index in [9.17, 15) is 4.79 Å². The third-order valence-corrected chi connectivity index (χ3v) is 5.32. The third kappa shape index (κ3) is 2.85. The first-order chi connectivity index (χ1) is 14.7. The lowest BCUT2D eigenvalue weighted by atomic mass is 10.1. The van der Waals surface area contributed by atoms with Crippen LogP contribution in [0.25, 0.3) is 28.1 Å². The molecule has 0 aliphatic heterocycles. The molecule has 0 amide bonds. The van der Waals surface area contributed by atoms with Gasteiger partial charge in [0.05, 0.1) is 30.1 Å². The van der Waals surface area contributed by atoms with Crippen LogP contribution >= 0.6 is 0 Å². The number of fused-ring (bicyclic) bond motifs is 3. The number of benzene rings is 3. The van der Waals surface area contributed by atoms with E-state index in [-0.39, 0.29) is 5.56 Å². The van der Waals surface area contributed by atoms with Gasteiger partial charge < -0.3 is 4.74 Å². The van der Waals surface area contributed by atoms with Crippen LogP contribution in [0.3, 0.4) is 0 Å². The van der Waals surface area contributed by atoms with Crippen LogP contribution in [0.5, 0.6) is 5.75 Å². The second kappa shape index (κ2) is 7.15. The molecule has 0 fully saturated rings. The largest absolute Gasteiger partial charge is 0.496 e. The van der Waals surface area contributed by atoms with Gasteiger partial charge >= 0.3 is 0 Å². The van der Waals surface area contributed by atoms with Gasteiger partial charge in [-0.25, -0.2) is 0 Å². The molecule has 30 heavy (non-hydrogen) atoms. The van der Waals surface area contributed by atoms with Crippen LogP contribution in [0.2, 0.25) is 0 Å². The first kappa shape index (κ1) is 18.1. The molecule has 5 aromatic rings. The molecule has 6 nitrogen and oxygen atoms in total. The number of aryl methyl sites for hydroxylation is 1. The van der Waals surface area contributed by atoms with Crippen molar-refractivity contribution in [2.75, 3.05) is 7.11 Å². The molecule has 0 atom stereocenters. The Bertz CT molecular complexity index is 1430. The molecule has 2 aromatic heterocycles. The van der Waals surface area contributed by atoms with Crippen LogP contribution in [0.15, 0.2) is 77.6 Å². The van der Waals surface area contributed by atoms with E-state index in [2.05, 4.69) is 10.2 Å². The molecule has 0 radical (unpaired) electrons. The Hall–Kier alpha value is -3.93. The molecule has 3 aromatic carbocycles. The molecular weight excluding hydrogens is 376 g/mol. The zero-order valence-corrected chi connectivity index (χ0v) is 16.7. The van der Waals surface area contributed by atoms with Crippen molar-refractivity contribution in [1.82, 2.24) is 19.2 Å². The van der Waals surface area contributed by atoms with E-state index < -0.39 is 0 Å². The standard InChI is InChI=1S/C24H20N4O2/c1-16-11-13-17(14-12-16)15-27-23(29)18-7-3-5-9-20(18)28-22(25-26-24(27)28)19-8-4-6-10-21(19)30-2/h3-14H,15H2,1-2H3. The molecule has 5 rings (SSSR count). The average Bonchev–Trinajstić information content (AvgIpc) is 3.23. The Kier molecular flexibility index (Phi) is 4.32. The number of nitrogens with zero attached hydrogens (tertiary/aromatic N) is 4. The lowest BCUT2D eigenvalue weighted by Gasteiger charge is -2.12. The van der Waals surface area contributed by atoms with E-state index in [0.717, 1.165) is 16.6 Å². The highest BCUT2D eigenvalue weighted by atomic mass is 16.5. The summed E-state index contributed by atoms with van der Waals surface area (Å²) in [7, 11) is 1.63. The molecule has 0 unspecified atom stereocenters. The minimum absolute atomic E-state index is 0.0855. The minimum Gasteiger partial charge on any atom is -0.496 e. The maximum absolute atomic E-state index is 13.3. The summed E-state index contributed by atoms with van der Waals surface area (Å²) in [4.78, 5) is 13.3. The normalized spacial score (nSPS) is 11.3. The zero-order chi connectivity index (χ0) is 20.7. The Morgan fingerprint density at radius 2 is 1.63 bits per heavy atom. The van der Waals surface area contributed by atoms with E-state index in [4.69, 9.17) is 4.74 Å². The van der Waals surface area contributed by atoms with Crippen LogP contribution in [0.4, 0.5) is 0 Å². The Morgan fingerprint density at radius 3 is 2.43 bits per heavy atom. The summed E-state index contributed by atoms with van der Waals surface area (Å²) in [5.74, 6) is 1.84. The predicted molar refractivity (Wildman–Crippen MR) is 117 cm³/mol. The molecule has 0 bridgehead atoms. The van der Waals surface area contributed by atoms with E-state index in [0.29, 0.717) is 29.3 Å². The second-order valence-electron chi connectivity index (χ2n) is 7.25. The van der Waals surface area contributed by atoms with Gasteiger partial charge in [-0.05, 0) is 36.8 Å². The van der Waals surface area contributed by atoms with E-state index in [1.54, 1.807) is 11.7 Å². The summed E-state index contributed by atoms with van der Waals surface area (Å²) in [6.07, 6.45) is 0. The van der Waals surface area contributed by atoms with Crippen LogP contribution < -0.4 is 10.3 Å². The van der Waals surface area contributed by atoms with Crippen molar-refractivity contribution in [2.24, 2.45) is 0 Å². The summed E-state index contributed by atoms with van der Waals surface area (Å²) in [5.41, 5.74) is 3.71. The Balaban J connectivity index is 1.83. The molecule has 0 spiro atoms. The van der Waals surface area contributed by atoms with Gasteiger partial charge in [-0.1, -0.05) is 54.1 Å². The van der Waals surface area contributed by atoms with E-state index in [1.807, 2.05) is 84.1 Å². The zero-order valence-electron chi connectivity index (χ0n) is 16.7. The van der Waals surface area contributed by atoms with Crippen LogP contribution in [0, 0.1) is 6.92 Å². The van der Waals surface area contributed by atoms with Crippen LogP contribution in [0.1, 0.15) is 11.1 Å². The topological polar surface area (TPSA) is 61.4 Å². The third-order valence-electron chi connectivity index (χ3n) is 5.32. The van der Waals surface area contributed by atoms with Crippen molar-refractivity contribution >= 4 is 16.7 Å². The number of methoxy groups -OCH3 is 1. The predicted octanol–water partition coefficient (Wildman–Crippen LogP) is 4.08. The first-order valence-electron chi connectivity index (χ1n) is 9.73. The average molecular weight is 396 g/mol. The quantitative estimate of drug-likeness (QED) is 0.459. The minimum atomic E-state index is -0.0855. The fraction of sp³-hybridized carbons (Fsp3) is 0.125. The fourth-order valence-electron chi connectivity index (χ4n) is 3.78. The highest BCUT2D eigenvalue weighted by molar-refractivity contribution is 5.83. The maximum atomic E-state index is 13.3. The molecule has 0 aliphatic carbocycles. The maximum Gasteiger partial charge on any atom is 0.263 e. The van der Waals surface area contributed by atoms with Crippen molar-refractivity contribution in [3.8, 4) is 17.1 Å². The Morgan fingerprint density at radius 1 is 0.900 bits per heavy atom. The smallest absolute Gasteiger partial charge is 0.263 e. The summed E-state index contributed by atoms with van der Waals surface area (Å²) in [6, 6.07) is 23.4. The van der Waals surface area contributed by atoms with Crippen molar-refractivity contribution in [3.63, 3.8) is 0 Å². The number of ether oxygens (including phenoxy) is 1. The lowest BCUT2D eigenvalue weighted by Crippen LogP contribution is -2.24. The molecule has 6 heteroatoms. The number of aromatic nitrogens is 4. The van der Waals surface area contributed by atoms with Gasteiger partial charge in [0.25, 0.3) is 5.56 Å². The number of hydrogen-bond donors (Lipinski definition) is 0. The van der Waals surface area contributed by atoms with Gasteiger partial charge in [0.15, 0.2) is 5.82 Å². The van der Waals surface area contributed by atoms with Gasteiger partial charge in [0.1, 0.15) is 5.75 Å². The number of rotatable bonds is 4. The highest BCUT2D eigenvalue weighted by Crippen LogP contribution is 2.30. The van der Waals surface area contributed by atoms with E-state index >= 15 is 0 Å². The van der Waals surface area contributed by atoms with Crippen molar-refractivity contribution in [3.05, 3.63) is 94.3 Å². The number of hydrogen-bond acceptors (Lipinski definition) is 4. The van der Waals surface area contributed by atoms with Crippen molar-refractivity contribution in [1.29, 1.82) is 0 Å². The lowest BCUT2D eigenvalue weighted by molar-refractivity contribution is 0.416. The van der Waals surface area contributed by atoms with Gasteiger partial charge in [0.2, 0.25) is 5.78 Å². The summed E-state index contributed by atoms with van der Waals surface area (Å²) < 4.78 is 9.15. The molecule has 2 heterocycles. The van der Waals surface area contributed by atoms with Gasteiger partial charge in [0, 0.05) is 0 Å². The molecule has 0 saturated heterocycles. The van der Waals surface area contributed by atoms with Crippen LogP contribution in [-0.4, -0.2) is 26.3 Å². The number of para-hydroxylation sites is 2. The SMILES string of the molecule is COc1ccccc1-c1nnc2n(Cc3ccc(C)cc3)c(=O)c3ccccc3n12. The van der Waals surface area contributed by atoms with Gasteiger partial charge in [-0.15, -0.1) is 10.2 Å². The summed E-state index contributed by atoms with van der Waals surface area (Å²) in [5, 5.41) is 9.49. The molecule has 0 aliphatic rings. The fourth-order valence-corrected chi connectivity index (χ4v) is 3.78. The Labute approximate surface area is 173 Å². The van der Waals surface area contributed by atoms with Gasteiger partial charge in [-0.2, -0.15) is 0 Å². The van der Waals surface area contributed by atoms with Crippen LogP contribution in [-0.2, 0) is 6.54 Å². The molecular formula is C24H20N4O2. The first-order valence-corrected chi connectivity index (χ1v) is 9.73. The van der Waals surface area contributed by atoms with Gasteiger partial charge in [-0.3, -0.25) is 13.8 Å². The second-order valence-corrected chi connectivity index (χ2v) is 7.25. The van der Waals surface area contributed by atoms with E-state index in [1.165, 1.54) is 5.56 Å². The van der Waals surface area contributed by atoms with Crippen molar-refractivity contribution in [2.45, 2.75) is 13.5 Å². The summed E-state index contributed by atoms with van der Waals surface area (Å²) >= 11 is 0. The monoisotopic (exact) mass is 396 g/mol. The molecule has 148 valence electrons. The summed E-state index contributed by atoms with van der Waals surface area (Å²) in [6.45, 7) is 2.46. The van der Waals surface area contributed by atoms with Crippen molar-refractivity contribution < 1.29 is 4.74 Å². The highest BCUT2D eigenvalue weighted by Gasteiger charge is 2.19. The molecule has 0 saturated carbocycles.